The fourth-order valence-corrected chi connectivity index (χ4v) is 3.34. The quantitative estimate of drug-likeness (QED) is 0.437. The number of hydrogen-bond acceptors (Lipinski definition) is 6. The number of amides is 1. The normalized spacial score (nSPS) is 10.6. The van der Waals surface area contributed by atoms with Crippen LogP contribution in [0.5, 0.6) is 5.75 Å². The molecule has 8 nitrogen and oxygen atoms in total. The van der Waals surface area contributed by atoms with Gasteiger partial charge in [-0.1, -0.05) is 6.07 Å². The molecule has 2 aromatic heterocycles. The van der Waals surface area contributed by atoms with Crippen molar-refractivity contribution in [3.63, 3.8) is 0 Å². The Labute approximate surface area is 177 Å². The Morgan fingerprint density at radius 2 is 1.87 bits per heavy atom. The lowest BCUT2D eigenvalue weighted by Crippen LogP contribution is -2.14. The maximum atomic E-state index is 12.1. The topological polar surface area (TPSA) is 127 Å². The van der Waals surface area contributed by atoms with E-state index in [1.165, 1.54) is 18.3 Å². The first-order valence-electron chi connectivity index (χ1n) is 9.29. The molecule has 4 aromatic rings. The molecule has 2 aromatic carbocycles. The molecule has 2 heterocycles. The lowest BCUT2D eigenvalue weighted by atomic mass is 10.0. The van der Waals surface area contributed by atoms with Gasteiger partial charge in [0.05, 0.1) is 29.4 Å². The summed E-state index contributed by atoms with van der Waals surface area (Å²) < 4.78 is 5.59. The third-order valence-corrected chi connectivity index (χ3v) is 4.82. The molecule has 0 atom stereocenters. The average molecular weight is 414 g/mol. The van der Waals surface area contributed by atoms with Gasteiger partial charge in [-0.3, -0.25) is 14.8 Å². The average Bonchev–Trinajstić information content (AvgIpc) is 2.79. The molecular weight excluding hydrogens is 396 g/mol. The van der Waals surface area contributed by atoms with Crippen molar-refractivity contribution in [3.8, 4) is 16.9 Å². The molecule has 0 aliphatic heterocycles. The number of pyridine rings is 2. The number of anilines is 2. The van der Waals surface area contributed by atoms with Crippen molar-refractivity contribution in [1.82, 2.24) is 9.97 Å². The number of hydrogen-bond donors (Lipinski definition) is 3. The number of nitrogens with two attached hydrogens (primary N) is 1. The van der Waals surface area contributed by atoms with E-state index in [1.54, 1.807) is 37.7 Å². The van der Waals surface area contributed by atoms with Crippen LogP contribution in [0.25, 0.3) is 22.0 Å². The number of rotatable bonds is 6. The van der Waals surface area contributed by atoms with Gasteiger partial charge < -0.3 is 20.9 Å². The number of primary amides is 1. The molecule has 1 amide bonds. The van der Waals surface area contributed by atoms with E-state index in [9.17, 15) is 14.7 Å². The van der Waals surface area contributed by atoms with Crippen molar-refractivity contribution >= 4 is 34.2 Å². The zero-order valence-corrected chi connectivity index (χ0v) is 16.5. The number of fused-ring (bicyclic) bond motifs is 1. The number of nitrogens with one attached hydrogen (secondary N) is 1. The number of carbonyl (C=O) groups is 2. The summed E-state index contributed by atoms with van der Waals surface area (Å²) in [6, 6.07) is 13.6. The van der Waals surface area contributed by atoms with Gasteiger partial charge in [-0.25, -0.2) is 4.79 Å². The minimum atomic E-state index is -1.05. The van der Waals surface area contributed by atoms with E-state index < -0.39 is 11.9 Å². The lowest BCUT2D eigenvalue weighted by molar-refractivity contribution is 0.0696. The summed E-state index contributed by atoms with van der Waals surface area (Å²) in [5.41, 5.74) is 9.09. The molecule has 0 saturated carbocycles. The number of carboxylic acids is 1. The number of methoxy groups -OCH3 is 1. The van der Waals surface area contributed by atoms with Crippen LogP contribution in [0.4, 0.5) is 11.4 Å². The smallest absolute Gasteiger partial charge is 0.335 e. The Morgan fingerprint density at radius 3 is 2.55 bits per heavy atom. The summed E-state index contributed by atoms with van der Waals surface area (Å²) in [6.45, 7) is 0. The van der Waals surface area contributed by atoms with Gasteiger partial charge in [-0.05, 0) is 48.0 Å². The molecule has 0 aliphatic carbocycles. The van der Waals surface area contributed by atoms with Crippen molar-refractivity contribution in [3.05, 3.63) is 78.2 Å². The summed E-state index contributed by atoms with van der Waals surface area (Å²) in [6.07, 6.45) is 4.77. The number of carboxylic acid groups (broad SMARTS) is 1. The Kier molecular flexibility index (Phi) is 5.19. The third kappa shape index (κ3) is 3.86. The van der Waals surface area contributed by atoms with E-state index in [4.69, 9.17) is 10.5 Å². The van der Waals surface area contributed by atoms with Crippen LogP contribution in [0.2, 0.25) is 0 Å². The summed E-state index contributed by atoms with van der Waals surface area (Å²) in [4.78, 5) is 31.8. The minimum absolute atomic E-state index is 0.113. The summed E-state index contributed by atoms with van der Waals surface area (Å²) in [7, 11) is 1.56. The van der Waals surface area contributed by atoms with Crippen LogP contribution in [-0.4, -0.2) is 34.1 Å². The first-order valence-corrected chi connectivity index (χ1v) is 9.29. The predicted molar refractivity (Wildman–Crippen MR) is 117 cm³/mol. The number of benzene rings is 2. The van der Waals surface area contributed by atoms with Crippen molar-refractivity contribution < 1.29 is 19.4 Å². The maximum absolute atomic E-state index is 12.1. The molecule has 31 heavy (non-hydrogen) atoms. The van der Waals surface area contributed by atoms with Gasteiger partial charge in [-0.15, -0.1) is 0 Å². The highest BCUT2D eigenvalue weighted by Crippen LogP contribution is 2.38. The minimum Gasteiger partial charge on any atom is -0.496 e. The third-order valence-electron chi connectivity index (χ3n) is 4.82. The van der Waals surface area contributed by atoms with Crippen LogP contribution in [0.3, 0.4) is 0 Å². The predicted octanol–water partition coefficient (Wildman–Crippen LogP) is 3.85. The van der Waals surface area contributed by atoms with Gasteiger partial charge in [-0.2, -0.15) is 0 Å². The zero-order valence-electron chi connectivity index (χ0n) is 16.5. The number of aromatic nitrogens is 2. The van der Waals surface area contributed by atoms with Crippen LogP contribution < -0.4 is 15.8 Å². The molecule has 0 aliphatic rings. The second-order valence-corrected chi connectivity index (χ2v) is 6.73. The second-order valence-electron chi connectivity index (χ2n) is 6.73. The fraction of sp³-hybridized carbons (Fsp3) is 0.0435. The molecule has 0 fully saturated rings. The van der Waals surface area contributed by atoms with E-state index in [0.717, 1.165) is 11.1 Å². The summed E-state index contributed by atoms with van der Waals surface area (Å²) >= 11 is 0. The van der Waals surface area contributed by atoms with E-state index in [0.29, 0.717) is 28.0 Å². The number of aromatic carboxylic acids is 1. The van der Waals surface area contributed by atoms with Gasteiger partial charge in [0.25, 0.3) is 5.91 Å². The molecule has 4 rings (SSSR count). The van der Waals surface area contributed by atoms with E-state index >= 15 is 0 Å². The Morgan fingerprint density at radius 1 is 1.10 bits per heavy atom. The monoisotopic (exact) mass is 414 g/mol. The second kappa shape index (κ2) is 8.11. The van der Waals surface area contributed by atoms with Crippen molar-refractivity contribution in [2.24, 2.45) is 5.73 Å². The summed E-state index contributed by atoms with van der Waals surface area (Å²) in [5, 5.41) is 13.0. The number of carbonyl (C=O) groups excluding carboxylic acids is 1. The highest BCUT2D eigenvalue weighted by atomic mass is 16.5. The molecule has 0 spiro atoms. The van der Waals surface area contributed by atoms with Gasteiger partial charge >= 0.3 is 5.97 Å². The van der Waals surface area contributed by atoms with E-state index in [-0.39, 0.29) is 11.1 Å². The van der Waals surface area contributed by atoms with Gasteiger partial charge in [0, 0.05) is 35.2 Å². The fourth-order valence-electron chi connectivity index (χ4n) is 3.34. The lowest BCUT2D eigenvalue weighted by Gasteiger charge is -2.16. The van der Waals surface area contributed by atoms with Gasteiger partial charge in [0.2, 0.25) is 0 Å². The molecule has 8 heteroatoms. The van der Waals surface area contributed by atoms with Gasteiger partial charge in [0.1, 0.15) is 5.75 Å². The summed E-state index contributed by atoms with van der Waals surface area (Å²) in [5.74, 6) is -1.14. The van der Waals surface area contributed by atoms with E-state index in [1.807, 2.05) is 18.2 Å². The Bertz CT molecular complexity index is 1310. The number of nitrogens with zero attached hydrogens (tertiary/aromatic N) is 2. The standard InChI is InChI=1S/C23H18N4O4/c1-31-20-11-17-19(10-16(20)13-5-7-25-8-6-13)26-12-18(22(24)28)21(17)27-15-4-2-3-14(9-15)23(29)30/h2-12H,1H3,(H2,24,28)(H,26,27)(H,29,30). The molecule has 0 bridgehead atoms. The first-order chi connectivity index (χ1) is 15.0. The highest BCUT2D eigenvalue weighted by molar-refractivity contribution is 6.08. The van der Waals surface area contributed by atoms with Crippen LogP contribution in [0.15, 0.2) is 67.1 Å². The first kappa shape index (κ1) is 19.8. The van der Waals surface area contributed by atoms with Crippen LogP contribution in [-0.2, 0) is 0 Å². The van der Waals surface area contributed by atoms with E-state index in [2.05, 4.69) is 15.3 Å². The molecule has 0 radical (unpaired) electrons. The largest absolute Gasteiger partial charge is 0.496 e. The molecule has 4 N–H and O–H groups in total. The maximum Gasteiger partial charge on any atom is 0.335 e. The molecule has 0 saturated heterocycles. The van der Waals surface area contributed by atoms with Crippen LogP contribution in [0.1, 0.15) is 20.7 Å². The van der Waals surface area contributed by atoms with Crippen molar-refractivity contribution in [2.45, 2.75) is 0 Å². The zero-order chi connectivity index (χ0) is 22.0. The SMILES string of the molecule is COc1cc2c(Nc3cccc(C(=O)O)c3)c(C(N)=O)cnc2cc1-c1ccncc1. The van der Waals surface area contributed by atoms with Crippen LogP contribution in [0, 0.1) is 0 Å². The molecule has 0 unspecified atom stereocenters. The van der Waals surface area contributed by atoms with Gasteiger partial charge in [0.15, 0.2) is 0 Å². The highest BCUT2D eigenvalue weighted by Gasteiger charge is 2.17. The Balaban J connectivity index is 1.92. The van der Waals surface area contributed by atoms with Crippen molar-refractivity contribution in [1.29, 1.82) is 0 Å². The van der Waals surface area contributed by atoms with Crippen LogP contribution >= 0.6 is 0 Å². The van der Waals surface area contributed by atoms with Crippen molar-refractivity contribution in [2.75, 3.05) is 12.4 Å². The number of ether oxygens (including phenoxy) is 1. The molecule has 154 valence electrons. The molecular formula is C23H18N4O4. The Hall–Kier alpha value is -4.46.